The topological polar surface area (TPSA) is 49.0 Å². The van der Waals surface area contributed by atoms with Crippen molar-refractivity contribution in [1.82, 2.24) is 9.47 Å². The van der Waals surface area contributed by atoms with E-state index < -0.39 is 0 Å². The molecule has 0 atom stereocenters. The minimum atomic E-state index is 0.0899. The van der Waals surface area contributed by atoms with E-state index in [9.17, 15) is 4.79 Å². The number of fused-ring (bicyclic) bond motifs is 1. The van der Waals surface area contributed by atoms with E-state index in [0.29, 0.717) is 31.6 Å². The number of rotatable bonds is 7. The Balaban J connectivity index is 1.66. The van der Waals surface area contributed by atoms with Crippen molar-refractivity contribution in [2.24, 2.45) is 0 Å². The molecule has 3 rings (SSSR count). The molecule has 1 amide bonds. The summed E-state index contributed by atoms with van der Waals surface area (Å²) in [6.07, 6.45) is 4.20. The van der Waals surface area contributed by atoms with Crippen molar-refractivity contribution in [3.63, 3.8) is 0 Å². The molecular formula is C22H21N3O. The zero-order valence-electron chi connectivity index (χ0n) is 14.6. The van der Waals surface area contributed by atoms with Gasteiger partial charge in [0.1, 0.15) is 0 Å². The summed E-state index contributed by atoms with van der Waals surface area (Å²) in [5.74, 6) is 0.0899. The van der Waals surface area contributed by atoms with Crippen LogP contribution >= 0.6 is 0 Å². The summed E-state index contributed by atoms with van der Waals surface area (Å²) in [5.41, 5.74) is 2.77. The Labute approximate surface area is 153 Å². The Morgan fingerprint density at radius 1 is 1.15 bits per heavy atom. The maximum Gasteiger partial charge on any atom is 0.224 e. The summed E-state index contributed by atoms with van der Waals surface area (Å²) in [6, 6.07) is 19.7. The second kappa shape index (κ2) is 8.17. The number of carbonyl (C=O) groups excluding carboxylic acids is 1. The van der Waals surface area contributed by atoms with Crippen LogP contribution in [0.2, 0.25) is 0 Å². The van der Waals surface area contributed by atoms with Gasteiger partial charge in [-0.2, -0.15) is 5.26 Å². The fourth-order valence-electron chi connectivity index (χ4n) is 3.03. The van der Waals surface area contributed by atoms with Crippen molar-refractivity contribution in [2.75, 3.05) is 6.54 Å². The van der Waals surface area contributed by atoms with Gasteiger partial charge in [0, 0.05) is 37.8 Å². The molecule has 3 aromatic rings. The standard InChI is InChI=1S/C22H21N3O/c1-2-13-25(17-19-9-7-18(16-23)8-10-19)22(26)12-15-24-14-11-20-5-3-4-6-21(20)24/h2-11,14H,1,12-13,15,17H2. The second-order valence-corrected chi connectivity index (χ2v) is 6.19. The molecule has 0 N–H and O–H groups in total. The van der Waals surface area contributed by atoms with Gasteiger partial charge in [-0.1, -0.05) is 36.4 Å². The summed E-state index contributed by atoms with van der Waals surface area (Å²) in [7, 11) is 0. The maximum atomic E-state index is 12.7. The van der Waals surface area contributed by atoms with Crippen LogP contribution in [-0.2, 0) is 17.9 Å². The van der Waals surface area contributed by atoms with Crippen molar-refractivity contribution >= 4 is 16.8 Å². The first kappa shape index (κ1) is 17.5. The van der Waals surface area contributed by atoms with Crippen molar-refractivity contribution in [2.45, 2.75) is 19.5 Å². The molecule has 0 aliphatic heterocycles. The zero-order chi connectivity index (χ0) is 18.4. The molecule has 4 heteroatoms. The quantitative estimate of drug-likeness (QED) is 0.606. The third-order valence-electron chi connectivity index (χ3n) is 4.41. The molecule has 4 nitrogen and oxygen atoms in total. The van der Waals surface area contributed by atoms with E-state index in [1.54, 1.807) is 23.1 Å². The highest BCUT2D eigenvalue weighted by atomic mass is 16.2. The van der Waals surface area contributed by atoms with Gasteiger partial charge in [0.15, 0.2) is 0 Å². The molecule has 0 saturated heterocycles. The lowest BCUT2D eigenvalue weighted by atomic mass is 10.1. The predicted molar refractivity (Wildman–Crippen MR) is 103 cm³/mol. The van der Waals surface area contributed by atoms with E-state index in [2.05, 4.69) is 35.4 Å². The van der Waals surface area contributed by atoms with Gasteiger partial charge in [-0.05, 0) is 35.2 Å². The number of para-hydroxylation sites is 1. The lowest BCUT2D eigenvalue weighted by Gasteiger charge is -2.21. The number of benzene rings is 2. The van der Waals surface area contributed by atoms with E-state index in [0.717, 1.165) is 11.1 Å². The van der Waals surface area contributed by atoms with Crippen LogP contribution in [0.25, 0.3) is 10.9 Å². The van der Waals surface area contributed by atoms with Crippen molar-refractivity contribution in [3.8, 4) is 6.07 Å². The average Bonchev–Trinajstić information content (AvgIpc) is 3.09. The zero-order valence-corrected chi connectivity index (χ0v) is 14.6. The summed E-state index contributed by atoms with van der Waals surface area (Å²) >= 11 is 0. The number of carbonyl (C=O) groups is 1. The van der Waals surface area contributed by atoms with Crippen molar-refractivity contribution in [1.29, 1.82) is 5.26 Å². The van der Waals surface area contributed by atoms with E-state index in [4.69, 9.17) is 5.26 Å². The highest BCUT2D eigenvalue weighted by Crippen LogP contribution is 2.16. The maximum absolute atomic E-state index is 12.7. The van der Waals surface area contributed by atoms with Crippen molar-refractivity contribution in [3.05, 3.63) is 84.6 Å². The van der Waals surface area contributed by atoms with Crippen LogP contribution in [0.5, 0.6) is 0 Å². The lowest BCUT2D eigenvalue weighted by molar-refractivity contribution is -0.131. The summed E-state index contributed by atoms with van der Waals surface area (Å²) in [6.45, 7) is 5.43. The highest BCUT2D eigenvalue weighted by Gasteiger charge is 2.13. The molecule has 0 saturated carbocycles. The molecule has 1 heterocycles. The first-order valence-electron chi connectivity index (χ1n) is 8.63. The van der Waals surface area contributed by atoms with Gasteiger partial charge in [-0.3, -0.25) is 4.79 Å². The van der Waals surface area contributed by atoms with E-state index in [1.807, 2.05) is 30.5 Å². The number of nitrogens with zero attached hydrogens (tertiary/aromatic N) is 3. The number of nitriles is 1. The Hall–Kier alpha value is -3.32. The molecule has 26 heavy (non-hydrogen) atoms. The third kappa shape index (κ3) is 4.01. The molecule has 0 radical (unpaired) electrons. The number of amides is 1. The molecule has 0 aliphatic carbocycles. The Morgan fingerprint density at radius 2 is 1.92 bits per heavy atom. The SMILES string of the molecule is C=CCN(Cc1ccc(C#N)cc1)C(=O)CCn1ccc2ccccc21. The lowest BCUT2D eigenvalue weighted by Crippen LogP contribution is -2.31. The summed E-state index contributed by atoms with van der Waals surface area (Å²) < 4.78 is 2.11. The monoisotopic (exact) mass is 343 g/mol. The molecule has 0 spiro atoms. The van der Waals surface area contributed by atoms with E-state index in [1.165, 1.54) is 5.39 Å². The summed E-state index contributed by atoms with van der Waals surface area (Å²) in [4.78, 5) is 14.5. The molecule has 0 bridgehead atoms. The molecule has 130 valence electrons. The molecule has 0 unspecified atom stereocenters. The highest BCUT2D eigenvalue weighted by molar-refractivity contribution is 5.80. The van der Waals surface area contributed by atoms with Gasteiger partial charge in [-0.15, -0.1) is 6.58 Å². The average molecular weight is 343 g/mol. The molecule has 1 aromatic heterocycles. The number of hydrogen-bond acceptors (Lipinski definition) is 2. The molecule has 2 aromatic carbocycles. The van der Waals surface area contributed by atoms with Gasteiger partial charge < -0.3 is 9.47 Å². The smallest absolute Gasteiger partial charge is 0.224 e. The van der Waals surface area contributed by atoms with Crippen LogP contribution in [0.1, 0.15) is 17.5 Å². The Kier molecular flexibility index (Phi) is 5.50. The van der Waals surface area contributed by atoms with Crippen molar-refractivity contribution < 1.29 is 4.79 Å². The summed E-state index contributed by atoms with van der Waals surface area (Å²) in [5, 5.41) is 10.1. The molecule has 0 aliphatic rings. The normalized spacial score (nSPS) is 10.4. The largest absolute Gasteiger partial charge is 0.347 e. The predicted octanol–water partition coefficient (Wildman–Crippen LogP) is 4.12. The van der Waals surface area contributed by atoms with Gasteiger partial charge in [0.2, 0.25) is 5.91 Å². The minimum absolute atomic E-state index is 0.0899. The number of aromatic nitrogens is 1. The van der Waals surface area contributed by atoms with Crippen LogP contribution in [0.3, 0.4) is 0 Å². The fraction of sp³-hybridized carbons (Fsp3) is 0.182. The van der Waals surface area contributed by atoms with Crippen LogP contribution in [0.4, 0.5) is 0 Å². The first-order chi connectivity index (χ1) is 12.7. The first-order valence-corrected chi connectivity index (χ1v) is 8.63. The second-order valence-electron chi connectivity index (χ2n) is 6.19. The number of hydrogen-bond donors (Lipinski definition) is 0. The van der Waals surface area contributed by atoms with Crippen LogP contribution in [0.15, 0.2) is 73.4 Å². The van der Waals surface area contributed by atoms with Gasteiger partial charge >= 0.3 is 0 Å². The minimum Gasteiger partial charge on any atom is -0.347 e. The van der Waals surface area contributed by atoms with Crippen LogP contribution in [0, 0.1) is 11.3 Å². The fourth-order valence-corrected chi connectivity index (χ4v) is 3.03. The van der Waals surface area contributed by atoms with E-state index in [-0.39, 0.29) is 5.91 Å². The third-order valence-corrected chi connectivity index (χ3v) is 4.41. The van der Waals surface area contributed by atoms with Crippen LogP contribution < -0.4 is 0 Å². The Bertz CT molecular complexity index is 947. The van der Waals surface area contributed by atoms with Gasteiger partial charge in [0.25, 0.3) is 0 Å². The van der Waals surface area contributed by atoms with E-state index >= 15 is 0 Å². The van der Waals surface area contributed by atoms with Gasteiger partial charge in [0.05, 0.1) is 11.6 Å². The molecular weight excluding hydrogens is 322 g/mol. The Morgan fingerprint density at radius 3 is 2.65 bits per heavy atom. The van der Waals surface area contributed by atoms with Crippen LogP contribution in [-0.4, -0.2) is 21.9 Å². The number of aryl methyl sites for hydroxylation is 1. The van der Waals surface area contributed by atoms with Gasteiger partial charge in [-0.25, -0.2) is 0 Å². The molecule has 0 fully saturated rings.